The van der Waals surface area contributed by atoms with Crippen molar-refractivity contribution in [2.75, 3.05) is 6.54 Å². The van der Waals surface area contributed by atoms with Gasteiger partial charge in [0.05, 0.1) is 5.70 Å². The minimum Gasteiger partial charge on any atom is -0.464 e. The van der Waals surface area contributed by atoms with Gasteiger partial charge in [-0.05, 0) is 0 Å². The number of hydrazine groups is 1. The summed E-state index contributed by atoms with van der Waals surface area (Å²) in [6.07, 6.45) is 4.03. The van der Waals surface area contributed by atoms with Crippen molar-refractivity contribution in [2.45, 2.75) is 0 Å². The van der Waals surface area contributed by atoms with Gasteiger partial charge in [-0.1, -0.05) is 6.08 Å². The quantitative estimate of drug-likeness (QED) is 0.477. The van der Waals surface area contributed by atoms with Gasteiger partial charge < -0.3 is 10.5 Å². The average Bonchev–Trinajstić information content (AvgIpc) is 2.49. The molecule has 0 aromatic carbocycles. The molecule has 2 aliphatic rings. The SMILES string of the molecule is O=C(O)N1C=CC2CNNC2=C1. The first-order chi connectivity index (χ1) is 5.77. The number of amides is 1. The Kier molecular flexibility index (Phi) is 1.51. The Morgan fingerprint density at radius 3 is 3.33 bits per heavy atom. The van der Waals surface area contributed by atoms with Gasteiger partial charge >= 0.3 is 6.09 Å². The number of rotatable bonds is 0. The van der Waals surface area contributed by atoms with Crippen molar-refractivity contribution in [1.29, 1.82) is 0 Å². The van der Waals surface area contributed by atoms with Crippen LogP contribution in [-0.2, 0) is 0 Å². The van der Waals surface area contributed by atoms with E-state index in [0.29, 0.717) is 5.92 Å². The molecule has 1 amide bonds. The summed E-state index contributed by atoms with van der Waals surface area (Å²) in [4.78, 5) is 11.7. The molecule has 1 saturated heterocycles. The van der Waals surface area contributed by atoms with E-state index in [1.54, 1.807) is 12.4 Å². The highest BCUT2D eigenvalue weighted by Crippen LogP contribution is 2.18. The molecule has 1 unspecified atom stereocenters. The van der Waals surface area contributed by atoms with Gasteiger partial charge in [-0.3, -0.25) is 4.90 Å². The standard InChI is InChI=1S/C7H9N3O2/c11-7(12)10-2-1-5-3-8-9-6(5)4-10/h1-2,4-5,8-9H,3H2,(H,11,12). The van der Waals surface area contributed by atoms with Crippen LogP contribution < -0.4 is 10.9 Å². The van der Waals surface area contributed by atoms with E-state index >= 15 is 0 Å². The maximum absolute atomic E-state index is 10.5. The van der Waals surface area contributed by atoms with Crippen LogP contribution in [0.25, 0.3) is 0 Å². The molecule has 0 spiro atoms. The Balaban J connectivity index is 2.20. The predicted molar refractivity (Wildman–Crippen MR) is 41.7 cm³/mol. The highest BCUT2D eigenvalue weighted by Gasteiger charge is 2.23. The summed E-state index contributed by atoms with van der Waals surface area (Å²) in [5.41, 5.74) is 6.74. The molecule has 3 N–H and O–H groups in total. The van der Waals surface area contributed by atoms with E-state index in [2.05, 4.69) is 10.9 Å². The van der Waals surface area contributed by atoms with Crippen molar-refractivity contribution in [3.8, 4) is 0 Å². The topological polar surface area (TPSA) is 64.6 Å². The highest BCUT2D eigenvalue weighted by atomic mass is 16.4. The van der Waals surface area contributed by atoms with Crippen LogP contribution in [0.5, 0.6) is 0 Å². The molecule has 0 radical (unpaired) electrons. The van der Waals surface area contributed by atoms with E-state index in [9.17, 15) is 4.79 Å². The van der Waals surface area contributed by atoms with E-state index in [1.807, 2.05) is 6.08 Å². The van der Waals surface area contributed by atoms with Gasteiger partial charge in [0, 0.05) is 24.9 Å². The van der Waals surface area contributed by atoms with Crippen molar-refractivity contribution >= 4 is 6.09 Å². The second-order valence-electron chi connectivity index (χ2n) is 2.73. The molecule has 0 aliphatic carbocycles. The molecule has 0 bridgehead atoms. The van der Waals surface area contributed by atoms with Crippen molar-refractivity contribution in [1.82, 2.24) is 15.8 Å². The molecule has 5 nitrogen and oxygen atoms in total. The number of nitrogens with zero attached hydrogens (tertiary/aromatic N) is 1. The fourth-order valence-electron chi connectivity index (χ4n) is 1.27. The first-order valence-electron chi connectivity index (χ1n) is 3.67. The Morgan fingerprint density at radius 2 is 2.58 bits per heavy atom. The van der Waals surface area contributed by atoms with Crippen LogP contribution in [0.2, 0.25) is 0 Å². The summed E-state index contributed by atoms with van der Waals surface area (Å²) >= 11 is 0. The zero-order valence-corrected chi connectivity index (χ0v) is 6.32. The van der Waals surface area contributed by atoms with E-state index in [1.165, 1.54) is 0 Å². The molecule has 12 heavy (non-hydrogen) atoms. The van der Waals surface area contributed by atoms with Gasteiger partial charge in [0.25, 0.3) is 0 Å². The summed E-state index contributed by atoms with van der Waals surface area (Å²) < 4.78 is 0. The van der Waals surface area contributed by atoms with Crippen LogP contribution in [0.3, 0.4) is 0 Å². The fourth-order valence-corrected chi connectivity index (χ4v) is 1.27. The molecule has 2 heterocycles. The number of hydrogen-bond donors (Lipinski definition) is 3. The number of nitrogens with one attached hydrogen (secondary N) is 2. The van der Waals surface area contributed by atoms with Crippen LogP contribution in [0.15, 0.2) is 24.2 Å². The zero-order valence-electron chi connectivity index (χ0n) is 6.32. The lowest BCUT2D eigenvalue weighted by Gasteiger charge is -2.17. The minimum atomic E-state index is -0.967. The first-order valence-corrected chi connectivity index (χ1v) is 3.67. The largest absolute Gasteiger partial charge is 0.464 e. The van der Waals surface area contributed by atoms with Gasteiger partial charge in [0.1, 0.15) is 0 Å². The Bertz CT molecular complexity index is 272. The Morgan fingerprint density at radius 1 is 1.75 bits per heavy atom. The molecule has 0 aromatic rings. The van der Waals surface area contributed by atoms with E-state index in [4.69, 9.17) is 5.11 Å². The number of fused-ring (bicyclic) bond motifs is 1. The van der Waals surface area contributed by atoms with E-state index in [-0.39, 0.29) is 0 Å². The normalized spacial score (nSPS) is 26.2. The number of carbonyl (C=O) groups is 1. The summed E-state index contributed by atoms with van der Waals surface area (Å²) in [6, 6.07) is 0. The molecule has 0 aromatic heterocycles. The molecular weight excluding hydrogens is 158 g/mol. The minimum absolute atomic E-state index is 0.292. The van der Waals surface area contributed by atoms with Gasteiger partial charge in [0.2, 0.25) is 0 Å². The van der Waals surface area contributed by atoms with Crippen molar-refractivity contribution < 1.29 is 9.90 Å². The van der Waals surface area contributed by atoms with Gasteiger partial charge in [-0.25, -0.2) is 10.2 Å². The molecule has 2 aliphatic heterocycles. The van der Waals surface area contributed by atoms with Crippen molar-refractivity contribution in [3.05, 3.63) is 24.2 Å². The first kappa shape index (κ1) is 7.17. The number of hydrogen-bond acceptors (Lipinski definition) is 3. The van der Waals surface area contributed by atoms with Crippen molar-refractivity contribution in [2.24, 2.45) is 5.92 Å². The summed E-state index contributed by atoms with van der Waals surface area (Å²) in [7, 11) is 0. The van der Waals surface area contributed by atoms with Gasteiger partial charge in [0.15, 0.2) is 0 Å². The van der Waals surface area contributed by atoms with Crippen molar-refractivity contribution in [3.63, 3.8) is 0 Å². The second-order valence-corrected chi connectivity index (χ2v) is 2.73. The molecule has 5 heteroatoms. The molecule has 1 fully saturated rings. The highest BCUT2D eigenvalue weighted by molar-refractivity contribution is 5.68. The predicted octanol–water partition coefficient (Wildman–Crippen LogP) is 0.0591. The molecule has 64 valence electrons. The Labute approximate surface area is 69.3 Å². The van der Waals surface area contributed by atoms with Gasteiger partial charge in [-0.15, -0.1) is 0 Å². The molecular formula is C7H9N3O2. The summed E-state index contributed by atoms with van der Waals surface area (Å²) in [6.45, 7) is 0.815. The third-order valence-electron chi connectivity index (χ3n) is 1.93. The van der Waals surface area contributed by atoms with Crippen LogP contribution in [0.1, 0.15) is 0 Å². The lowest BCUT2D eigenvalue weighted by Crippen LogP contribution is -2.25. The Hall–Kier alpha value is -1.49. The zero-order chi connectivity index (χ0) is 8.55. The van der Waals surface area contributed by atoms with Crippen LogP contribution in [-0.4, -0.2) is 22.6 Å². The lowest BCUT2D eigenvalue weighted by molar-refractivity contribution is 0.174. The molecule has 0 saturated carbocycles. The average molecular weight is 167 g/mol. The third-order valence-corrected chi connectivity index (χ3v) is 1.93. The second kappa shape index (κ2) is 2.53. The van der Waals surface area contributed by atoms with E-state index in [0.717, 1.165) is 17.1 Å². The van der Waals surface area contributed by atoms with Gasteiger partial charge in [-0.2, -0.15) is 0 Å². The van der Waals surface area contributed by atoms with Crippen LogP contribution >= 0.6 is 0 Å². The maximum atomic E-state index is 10.5. The smallest absolute Gasteiger partial charge is 0.415 e. The monoisotopic (exact) mass is 167 g/mol. The fraction of sp³-hybridized carbons (Fsp3) is 0.286. The third kappa shape index (κ3) is 1.04. The summed E-state index contributed by atoms with van der Waals surface area (Å²) in [5, 5.41) is 8.64. The van der Waals surface area contributed by atoms with Crippen LogP contribution in [0.4, 0.5) is 4.79 Å². The molecule has 2 rings (SSSR count). The van der Waals surface area contributed by atoms with Crippen LogP contribution in [0, 0.1) is 5.92 Å². The lowest BCUT2D eigenvalue weighted by atomic mass is 10.1. The van der Waals surface area contributed by atoms with E-state index < -0.39 is 6.09 Å². The summed E-state index contributed by atoms with van der Waals surface area (Å²) in [5.74, 6) is 0.292. The maximum Gasteiger partial charge on any atom is 0.415 e. The molecule has 1 atom stereocenters. The number of carboxylic acid groups (broad SMARTS) is 1.